The molecule has 68 valence electrons. The van der Waals surface area contributed by atoms with Crippen LogP contribution in [0.1, 0.15) is 6.42 Å². The van der Waals surface area contributed by atoms with Gasteiger partial charge in [-0.2, -0.15) is 0 Å². The van der Waals surface area contributed by atoms with Crippen LogP contribution in [0.2, 0.25) is 0 Å². The zero-order valence-corrected chi connectivity index (χ0v) is 8.05. The van der Waals surface area contributed by atoms with E-state index in [-0.39, 0.29) is 29.4 Å². The lowest BCUT2D eigenvalue weighted by molar-refractivity contribution is -0.662. The normalized spacial score (nSPS) is 28.5. The lowest BCUT2D eigenvalue weighted by Gasteiger charge is -2.03. The summed E-state index contributed by atoms with van der Waals surface area (Å²) < 4.78 is 0. The molecule has 4 N–H and O–H groups in total. The number of carboxylic acids is 1. The third-order valence-corrected chi connectivity index (χ3v) is 1.58. The molecule has 1 rings (SSSR count). The Morgan fingerprint density at radius 3 is 2.27 bits per heavy atom. The molecule has 0 bridgehead atoms. The topological polar surface area (TPSA) is 74.1 Å². The molecule has 0 aromatic rings. The van der Waals surface area contributed by atoms with Crippen molar-refractivity contribution in [3.05, 3.63) is 0 Å². The van der Waals surface area contributed by atoms with E-state index in [1.165, 1.54) is 0 Å². The van der Waals surface area contributed by atoms with Crippen LogP contribution < -0.4 is 34.7 Å². The van der Waals surface area contributed by atoms with E-state index in [1.807, 2.05) is 0 Å². The number of aliphatic carboxylic acids is 1. The van der Waals surface area contributed by atoms with Gasteiger partial charge in [-0.25, -0.2) is 4.79 Å². The van der Waals surface area contributed by atoms with Gasteiger partial charge in [-0.3, -0.25) is 0 Å². The second-order valence-electron chi connectivity index (χ2n) is 2.24. The van der Waals surface area contributed by atoms with Crippen molar-refractivity contribution in [2.24, 2.45) is 0 Å². The molecule has 0 saturated carbocycles. The fraction of sp³-hybridized carbons (Fsp3) is 0.800. The quantitative estimate of drug-likeness (QED) is 0.431. The summed E-state index contributed by atoms with van der Waals surface area (Å²) in [5, 5.41) is 19.0. The maximum Gasteiger partial charge on any atom is 0.365 e. The summed E-state index contributed by atoms with van der Waals surface area (Å²) in [4.78, 5) is 10.2. The highest BCUT2D eigenvalue weighted by molar-refractivity contribution is 5.72. The Balaban J connectivity index is 0. The molecule has 1 fully saturated rings. The molecule has 0 aliphatic carbocycles. The summed E-state index contributed by atoms with van der Waals surface area (Å²) >= 11 is 0. The van der Waals surface area contributed by atoms with Crippen LogP contribution in [-0.2, 0) is 4.79 Å². The average molecular weight is 247 g/mol. The minimum absolute atomic E-state index is 0. The monoisotopic (exact) mass is 246 g/mol. The number of quaternary nitrogens is 1. The van der Waals surface area contributed by atoms with E-state index >= 15 is 0 Å². The maximum absolute atomic E-state index is 10.2. The zero-order chi connectivity index (χ0) is 6.85. The summed E-state index contributed by atoms with van der Waals surface area (Å²) in [6.07, 6.45) is -0.0563. The molecule has 0 aromatic heterocycles. The first-order valence-corrected chi connectivity index (χ1v) is 2.96. The summed E-state index contributed by atoms with van der Waals surface area (Å²) in [5.41, 5.74) is 0. The average Bonchev–Trinajstić information content (AvgIpc) is 2.13. The summed E-state index contributed by atoms with van der Waals surface area (Å²) in [6, 6.07) is -0.620. The molecule has 0 amide bonds. The van der Waals surface area contributed by atoms with E-state index in [4.69, 9.17) is 10.2 Å². The van der Waals surface area contributed by atoms with Gasteiger partial charge in [0.25, 0.3) is 0 Å². The summed E-state index contributed by atoms with van der Waals surface area (Å²) in [6.45, 7) is 0.720. The van der Waals surface area contributed by atoms with Crippen molar-refractivity contribution in [2.45, 2.75) is 18.6 Å². The minimum Gasteiger partial charge on any atom is -1.00 e. The molecule has 0 aromatic carbocycles. The van der Waals surface area contributed by atoms with Gasteiger partial charge in [0.15, 0.2) is 0 Å². The van der Waals surface area contributed by atoms with Crippen LogP contribution in [0.4, 0.5) is 0 Å². The fourth-order valence-corrected chi connectivity index (χ4v) is 1.05. The Morgan fingerprint density at radius 1 is 1.55 bits per heavy atom. The van der Waals surface area contributed by atoms with Crippen LogP contribution in [-0.4, -0.2) is 34.9 Å². The SMILES string of the molecule is O=C(O)[C@H]1[NH2+]CCC1O.[Br-].[Cl-]. The number of carboxylic acid groups (broad SMARTS) is 1. The summed E-state index contributed by atoms with van der Waals surface area (Å²) in [5.74, 6) is -0.917. The van der Waals surface area contributed by atoms with E-state index in [1.54, 1.807) is 5.32 Å². The van der Waals surface area contributed by atoms with Gasteiger partial charge in [0.2, 0.25) is 6.04 Å². The van der Waals surface area contributed by atoms with Crippen LogP contribution in [0, 0.1) is 0 Å². The number of hydrogen-bond donors (Lipinski definition) is 3. The van der Waals surface area contributed by atoms with Crippen LogP contribution >= 0.6 is 0 Å². The standard InChI is InChI=1S/C5H9NO3.BrH.ClH/c7-3-1-2-6-4(3)5(8)9;;/h3-4,6-7H,1-2H2,(H,8,9);2*1H/p-1/t3?,4-;;/m0../s1. The van der Waals surface area contributed by atoms with Crippen LogP contribution in [0.3, 0.4) is 0 Å². The summed E-state index contributed by atoms with van der Waals surface area (Å²) in [7, 11) is 0. The van der Waals surface area contributed by atoms with Gasteiger partial charge in [-0.05, 0) is 0 Å². The lowest BCUT2D eigenvalue weighted by atomic mass is 10.2. The van der Waals surface area contributed by atoms with E-state index < -0.39 is 18.1 Å². The highest BCUT2D eigenvalue weighted by atomic mass is 79.9. The zero-order valence-electron chi connectivity index (χ0n) is 5.70. The van der Waals surface area contributed by atoms with E-state index in [0.717, 1.165) is 6.54 Å². The van der Waals surface area contributed by atoms with Gasteiger partial charge < -0.3 is 44.9 Å². The Bertz CT molecular complexity index is 135. The molecule has 4 nitrogen and oxygen atoms in total. The van der Waals surface area contributed by atoms with Crippen LogP contribution in [0.5, 0.6) is 0 Å². The molecule has 1 unspecified atom stereocenters. The number of rotatable bonds is 1. The fourth-order valence-electron chi connectivity index (χ4n) is 1.05. The molecule has 1 aliphatic rings. The molecular formula is C5H10BrClNO3-. The van der Waals surface area contributed by atoms with Crippen molar-refractivity contribution in [3.8, 4) is 0 Å². The van der Waals surface area contributed by atoms with Crippen molar-refractivity contribution in [2.75, 3.05) is 6.54 Å². The number of aliphatic hydroxyl groups is 1. The van der Waals surface area contributed by atoms with Crippen molar-refractivity contribution >= 4 is 5.97 Å². The van der Waals surface area contributed by atoms with Crippen molar-refractivity contribution in [1.29, 1.82) is 0 Å². The van der Waals surface area contributed by atoms with Gasteiger partial charge in [-0.15, -0.1) is 0 Å². The number of hydrogen-bond acceptors (Lipinski definition) is 2. The first kappa shape index (κ1) is 13.7. The molecule has 1 saturated heterocycles. The molecule has 0 radical (unpaired) electrons. The molecule has 2 atom stereocenters. The molecular weight excluding hydrogens is 237 g/mol. The highest BCUT2D eigenvalue weighted by Gasteiger charge is 2.34. The largest absolute Gasteiger partial charge is 1.00 e. The van der Waals surface area contributed by atoms with Gasteiger partial charge in [0.1, 0.15) is 6.10 Å². The van der Waals surface area contributed by atoms with E-state index in [0.29, 0.717) is 6.42 Å². The number of nitrogens with two attached hydrogens (primary N) is 1. The van der Waals surface area contributed by atoms with Gasteiger partial charge >= 0.3 is 5.97 Å². The van der Waals surface area contributed by atoms with Crippen LogP contribution in [0.15, 0.2) is 0 Å². The van der Waals surface area contributed by atoms with Crippen molar-refractivity contribution in [1.82, 2.24) is 0 Å². The maximum atomic E-state index is 10.2. The highest BCUT2D eigenvalue weighted by Crippen LogP contribution is 1.98. The third-order valence-electron chi connectivity index (χ3n) is 1.58. The smallest absolute Gasteiger partial charge is 0.365 e. The number of carbonyl (C=O) groups is 1. The van der Waals surface area contributed by atoms with Gasteiger partial charge in [0, 0.05) is 6.42 Å². The second kappa shape index (κ2) is 5.77. The van der Waals surface area contributed by atoms with E-state index in [9.17, 15) is 4.79 Å². The molecule has 1 heterocycles. The second-order valence-corrected chi connectivity index (χ2v) is 2.24. The van der Waals surface area contributed by atoms with Crippen molar-refractivity contribution in [3.63, 3.8) is 0 Å². The van der Waals surface area contributed by atoms with Gasteiger partial charge in [0.05, 0.1) is 6.54 Å². The number of aliphatic hydroxyl groups excluding tert-OH is 1. The lowest BCUT2D eigenvalue weighted by Crippen LogP contribution is -3.00. The molecule has 6 heteroatoms. The molecule has 1 aliphatic heterocycles. The Kier molecular flexibility index (Phi) is 7.20. The predicted molar refractivity (Wildman–Crippen MR) is 28.8 cm³/mol. The van der Waals surface area contributed by atoms with Crippen LogP contribution in [0.25, 0.3) is 0 Å². The molecule has 0 spiro atoms. The Labute approximate surface area is 81.2 Å². The Hall–Kier alpha value is 0.160. The number of halogens is 2. The minimum atomic E-state index is -0.917. The molecule has 11 heavy (non-hydrogen) atoms. The first-order chi connectivity index (χ1) is 4.22. The predicted octanol–water partition coefficient (Wildman–Crippen LogP) is -8.22. The third kappa shape index (κ3) is 3.37. The Morgan fingerprint density at radius 2 is 2.09 bits per heavy atom. The first-order valence-electron chi connectivity index (χ1n) is 2.96. The van der Waals surface area contributed by atoms with E-state index in [2.05, 4.69) is 0 Å². The van der Waals surface area contributed by atoms with Gasteiger partial charge in [-0.1, -0.05) is 0 Å². The van der Waals surface area contributed by atoms with Crippen molar-refractivity contribution < 1.29 is 49.7 Å².